The Kier molecular flexibility index (Phi) is 2.84. The van der Waals surface area contributed by atoms with Gasteiger partial charge in [-0.05, 0) is 0 Å². The van der Waals surface area contributed by atoms with Crippen LogP contribution in [0.5, 0.6) is 0 Å². The highest BCUT2D eigenvalue weighted by Crippen LogP contribution is 2.04. The predicted octanol–water partition coefficient (Wildman–Crippen LogP) is -1.33. The number of rotatable bonds is 4. The molecule has 0 unspecified atom stereocenters. The number of hydrogen-bond acceptors (Lipinski definition) is 6. The van der Waals surface area contributed by atoms with Crippen molar-refractivity contribution in [3.8, 4) is 0 Å². The SMILES string of the molecule is Nc1nc2nn(COCCO)cc2c(=O)[nH]1. The topological polar surface area (TPSA) is 119 Å². The largest absolute Gasteiger partial charge is 0.394 e. The Hall–Kier alpha value is -1.93. The molecule has 0 aromatic carbocycles. The lowest BCUT2D eigenvalue weighted by molar-refractivity contribution is 0.0422. The van der Waals surface area contributed by atoms with Crippen LogP contribution >= 0.6 is 0 Å². The van der Waals surface area contributed by atoms with Gasteiger partial charge in [-0.2, -0.15) is 4.98 Å². The lowest BCUT2D eigenvalue weighted by atomic mass is 10.4. The first-order valence-electron chi connectivity index (χ1n) is 4.62. The molecule has 0 bridgehead atoms. The molecular weight excluding hydrogens is 214 g/mol. The van der Waals surface area contributed by atoms with E-state index in [4.69, 9.17) is 15.6 Å². The van der Waals surface area contributed by atoms with Crippen molar-refractivity contribution in [3.05, 3.63) is 16.6 Å². The Bertz CT molecular complexity index is 546. The van der Waals surface area contributed by atoms with E-state index in [0.29, 0.717) is 5.39 Å². The zero-order valence-electron chi connectivity index (χ0n) is 8.38. The molecule has 0 aliphatic carbocycles. The number of hydrogen-bond donors (Lipinski definition) is 3. The standard InChI is InChI=1S/C8H11N5O3/c9-8-10-6-5(7(15)11-8)3-13(12-6)4-16-2-1-14/h3,14H,1-2,4H2,(H3,9,10,11,12,15). The van der Waals surface area contributed by atoms with Crippen molar-refractivity contribution in [2.75, 3.05) is 18.9 Å². The van der Waals surface area contributed by atoms with E-state index in [1.165, 1.54) is 10.9 Å². The number of H-pyrrole nitrogens is 1. The second kappa shape index (κ2) is 4.29. The fraction of sp³-hybridized carbons (Fsp3) is 0.375. The number of aromatic nitrogens is 4. The summed E-state index contributed by atoms with van der Waals surface area (Å²) >= 11 is 0. The van der Waals surface area contributed by atoms with Gasteiger partial charge in [0.1, 0.15) is 12.1 Å². The highest BCUT2D eigenvalue weighted by atomic mass is 16.5. The van der Waals surface area contributed by atoms with E-state index >= 15 is 0 Å². The Labute approximate surface area is 89.7 Å². The third-order valence-corrected chi connectivity index (χ3v) is 1.91. The fourth-order valence-corrected chi connectivity index (χ4v) is 1.27. The van der Waals surface area contributed by atoms with Crippen molar-refractivity contribution in [1.29, 1.82) is 0 Å². The number of ether oxygens (including phenoxy) is 1. The van der Waals surface area contributed by atoms with E-state index in [1.54, 1.807) is 0 Å². The Morgan fingerprint density at radius 1 is 1.62 bits per heavy atom. The molecule has 0 radical (unpaired) electrons. The second-order valence-electron chi connectivity index (χ2n) is 3.12. The summed E-state index contributed by atoms with van der Waals surface area (Å²) in [5.41, 5.74) is 5.31. The lowest BCUT2D eigenvalue weighted by Crippen LogP contribution is -2.09. The molecule has 8 heteroatoms. The molecule has 16 heavy (non-hydrogen) atoms. The summed E-state index contributed by atoms with van der Waals surface area (Å²) in [6.07, 6.45) is 1.51. The van der Waals surface area contributed by atoms with E-state index in [0.717, 1.165) is 0 Å². The molecule has 8 nitrogen and oxygen atoms in total. The number of nitrogens with zero attached hydrogens (tertiary/aromatic N) is 3. The van der Waals surface area contributed by atoms with Crippen molar-refractivity contribution < 1.29 is 9.84 Å². The van der Waals surface area contributed by atoms with E-state index in [9.17, 15) is 4.79 Å². The highest BCUT2D eigenvalue weighted by Gasteiger charge is 2.06. The van der Waals surface area contributed by atoms with Crippen molar-refractivity contribution >= 4 is 17.0 Å². The van der Waals surface area contributed by atoms with Gasteiger partial charge in [-0.1, -0.05) is 0 Å². The van der Waals surface area contributed by atoms with E-state index < -0.39 is 0 Å². The van der Waals surface area contributed by atoms with Gasteiger partial charge < -0.3 is 15.6 Å². The normalized spacial score (nSPS) is 11.1. The van der Waals surface area contributed by atoms with Gasteiger partial charge in [-0.3, -0.25) is 9.78 Å². The van der Waals surface area contributed by atoms with Crippen LogP contribution in [0.3, 0.4) is 0 Å². The number of aliphatic hydroxyl groups is 1. The quantitative estimate of drug-likeness (QED) is 0.554. The molecule has 0 saturated carbocycles. The van der Waals surface area contributed by atoms with Crippen LogP contribution in [0.15, 0.2) is 11.0 Å². The summed E-state index contributed by atoms with van der Waals surface area (Å²) < 4.78 is 6.47. The minimum atomic E-state index is -0.337. The molecule has 0 spiro atoms. The van der Waals surface area contributed by atoms with E-state index in [2.05, 4.69) is 15.1 Å². The van der Waals surface area contributed by atoms with Crippen LogP contribution < -0.4 is 11.3 Å². The van der Waals surface area contributed by atoms with Crippen molar-refractivity contribution in [3.63, 3.8) is 0 Å². The van der Waals surface area contributed by atoms with Gasteiger partial charge in [0.25, 0.3) is 5.56 Å². The predicted molar refractivity (Wildman–Crippen MR) is 55.6 cm³/mol. The van der Waals surface area contributed by atoms with Crippen LogP contribution in [0, 0.1) is 0 Å². The summed E-state index contributed by atoms with van der Waals surface area (Å²) in [5.74, 6) is 0.0269. The zero-order chi connectivity index (χ0) is 11.5. The van der Waals surface area contributed by atoms with Crippen LogP contribution in [0.4, 0.5) is 5.95 Å². The van der Waals surface area contributed by atoms with Gasteiger partial charge in [0, 0.05) is 6.20 Å². The average Bonchev–Trinajstić information content (AvgIpc) is 2.61. The summed E-state index contributed by atoms with van der Waals surface area (Å²) in [6, 6.07) is 0. The van der Waals surface area contributed by atoms with Crippen LogP contribution in [0.1, 0.15) is 0 Å². The van der Waals surface area contributed by atoms with Gasteiger partial charge in [-0.15, -0.1) is 5.10 Å². The van der Waals surface area contributed by atoms with Gasteiger partial charge in [-0.25, -0.2) is 4.68 Å². The van der Waals surface area contributed by atoms with Gasteiger partial charge in [0.15, 0.2) is 5.65 Å². The summed E-state index contributed by atoms with van der Waals surface area (Å²) in [7, 11) is 0. The smallest absolute Gasteiger partial charge is 0.263 e. The third-order valence-electron chi connectivity index (χ3n) is 1.91. The van der Waals surface area contributed by atoms with E-state index in [-0.39, 0.29) is 37.1 Å². The molecule has 0 atom stereocenters. The maximum absolute atomic E-state index is 11.4. The highest BCUT2D eigenvalue weighted by molar-refractivity contribution is 5.73. The number of aromatic amines is 1. The molecule has 0 aliphatic rings. The van der Waals surface area contributed by atoms with Crippen molar-refractivity contribution in [2.24, 2.45) is 0 Å². The summed E-state index contributed by atoms with van der Waals surface area (Å²) in [6.45, 7) is 0.297. The monoisotopic (exact) mass is 225 g/mol. The summed E-state index contributed by atoms with van der Waals surface area (Å²) in [5, 5.41) is 12.9. The maximum Gasteiger partial charge on any atom is 0.263 e. The molecule has 4 N–H and O–H groups in total. The number of anilines is 1. The molecule has 0 saturated heterocycles. The molecule has 0 aliphatic heterocycles. The Morgan fingerprint density at radius 2 is 2.44 bits per heavy atom. The number of nitrogen functional groups attached to an aromatic ring is 1. The number of fused-ring (bicyclic) bond motifs is 1. The number of aliphatic hydroxyl groups excluding tert-OH is 1. The lowest BCUT2D eigenvalue weighted by Gasteiger charge is -2.00. The first-order chi connectivity index (χ1) is 7.70. The van der Waals surface area contributed by atoms with E-state index in [1.807, 2.05) is 0 Å². The number of nitrogens with one attached hydrogen (secondary N) is 1. The Morgan fingerprint density at radius 3 is 3.19 bits per heavy atom. The van der Waals surface area contributed by atoms with Crippen molar-refractivity contribution in [1.82, 2.24) is 19.7 Å². The van der Waals surface area contributed by atoms with Crippen LogP contribution in [0.25, 0.3) is 11.0 Å². The molecule has 0 fully saturated rings. The molecule has 2 rings (SSSR count). The molecular formula is C8H11N5O3. The molecule has 2 heterocycles. The van der Waals surface area contributed by atoms with Crippen LogP contribution in [-0.4, -0.2) is 38.1 Å². The van der Waals surface area contributed by atoms with Gasteiger partial charge >= 0.3 is 0 Å². The molecule has 0 amide bonds. The van der Waals surface area contributed by atoms with Crippen LogP contribution in [0.2, 0.25) is 0 Å². The summed E-state index contributed by atoms with van der Waals surface area (Å²) in [4.78, 5) is 17.7. The fourth-order valence-electron chi connectivity index (χ4n) is 1.27. The van der Waals surface area contributed by atoms with Gasteiger partial charge in [0.05, 0.1) is 13.2 Å². The maximum atomic E-state index is 11.4. The minimum Gasteiger partial charge on any atom is -0.394 e. The van der Waals surface area contributed by atoms with Gasteiger partial charge in [0.2, 0.25) is 5.95 Å². The first-order valence-corrected chi connectivity index (χ1v) is 4.62. The minimum absolute atomic E-state index is 0.0269. The Balaban J connectivity index is 2.29. The molecule has 2 aromatic heterocycles. The molecule has 2 aromatic rings. The third kappa shape index (κ3) is 2.02. The molecule has 86 valence electrons. The zero-order valence-corrected chi connectivity index (χ0v) is 8.38. The van der Waals surface area contributed by atoms with Crippen molar-refractivity contribution in [2.45, 2.75) is 6.73 Å². The second-order valence-corrected chi connectivity index (χ2v) is 3.12. The number of nitrogens with two attached hydrogens (primary N) is 1. The average molecular weight is 225 g/mol. The first kappa shape index (κ1) is 10.6. The van der Waals surface area contributed by atoms with Crippen LogP contribution in [-0.2, 0) is 11.5 Å².